The minimum Gasteiger partial charge on any atom is -0.384 e. The summed E-state index contributed by atoms with van der Waals surface area (Å²) in [7, 11) is 0. The highest BCUT2D eigenvalue weighted by Crippen LogP contribution is 2.27. The fourth-order valence-electron chi connectivity index (χ4n) is 1.85. The Bertz CT molecular complexity index is 773. The number of hydrogen-bond acceptors (Lipinski definition) is 4. The zero-order valence-electron chi connectivity index (χ0n) is 10.2. The van der Waals surface area contributed by atoms with Crippen LogP contribution in [-0.2, 0) is 0 Å². The molecule has 0 aliphatic carbocycles. The molecule has 0 atom stereocenters. The zero-order chi connectivity index (χ0) is 14.0. The second-order valence-corrected chi connectivity index (χ2v) is 4.08. The van der Waals surface area contributed by atoms with E-state index >= 15 is 0 Å². The van der Waals surface area contributed by atoms with Crippen molar-refractivity contribution in [3.05, 3.63) is 51.3 Å². The van der Waals surface area contributed by atoms with Crippen molar-refractivity contribution in [3.8, 4) is 23.3 Å². The molecule has 0 aliphatic rings. The third-order valence-corrected chi connectivity index (χ3v) is 2.81. The Hall–Kier alpha value is -3.05. The van der Waals surface area contributed by atoms with Crippen LogP contribution in [0.1, 0.15) is 16.7 Å². The van der Waals surface area contributed by atoms with Crippen molar-refractivity contribution in [1.82, 2.24) is 4.98 Å². The average molecular weight is 250 g/mol. The lowest BCUT2D eigenvalue weighted by Crippen LogP contribution is -2.16. The number of aromatic amines is 1. The smallest absolute Gasteiger partial charge is 0.268 e. The van der Waals surface area contributed by atoms with Crippen LogP contribution in [0.5, 0.6) is 0 Å². The largest absolute Gasteiger partial charge is 0.384 e. The molecular formula is C14H10N4O. The van der Waals surface area contributed by atoms with Gasteiger partial charge in [-0.25, -0.2) is 0 Å². The molecule has 5 heteroatoms. The number of pyridine rings is 1. The van der Waals surface area contributed by atoms with Crippen LogP contribution in [0.3, 0.4) is 0 Å². The van der Waals surface area contributed by atoms with Crippen molar-refractivity contribution in [1.29, 1.82) is 10.5 Å². The van der Waals surface area contributed by atoms with Gasteiger partial charge in [-0.1, -0.05) is 29.8 Å². The molecule has 5 nitrogen and oxygen atoms in total. The van der Waals surface area contributed by atoms with E-state index < -0.39 is 5.56 Å². The summed E-state index contributed by atoms with van der Waals surface area (Å²) >= 11 is 0. The summed E-state index contributed by atoms with van der Waals surface area (Å²) in [5.74, 6) is -0.0259. The number of aromatic nitrogens is 1. The van der Waals surface area contributed by atoms with E-state index in [1.165, 1.54) is 0 Å². The molecule has 2 aromatic rings. The lowest BCUT2D eigenvalue weighted by Gasteiger charge is -2.08. The van der Waals surface area contributed by atoms with Gasteiger partial charge < -0.3 is 10.7 Å². The van der Waals surface area contributed by atoms with Gasteiger partial charge in [0.1, 0.15) is 29.1 Å². The van der Waals surface area contributed by atoms with E-state index in [0.717, 1.165) is 5.56 Å². The van der Waals surface area contributed by atoms with E-state index in [4.69, 9.17) is 16.3 Å². The molecule has 19 heavy (non-hydrogen) atoms. The summed E-state index contributed by atoms with van der Waals surface area (Å²) in [4.78, 5) is 14.0. The molecule has 1 aromatic carbocycles. The Morgan fingerprint density at radius 3 is 2.21 bits per heavy atom. The van der Waals surface area contributed by atoms with Gasteiger partial charge in [-0.3, -0.25) is 4.79 Å². The number of hydrogen-bond donors (Lipinski definition) is 2. The first kappa shape index (κ1) is 12.4. The molecule has 0 amide bonds. The molecule has 1 aromatic heterocycles. The van der Waals surface area contributed by atoms with Crippen LogP contribution in [0.4, 0.5) is 5.82 Å². The van der Waals surface area contributed by atoms with Gasteiger partial charge in [0.2, 0.25) is 0 Å². The van der Waals surface area contributed by atoms with Crippen molar-refractivity contribution in [2.75, 3.05) is 5.73 Å². The van der Waals surface area contributed by atoms with Crippen molar-refractivity contribution < 1.29 is 0 Å². The maximum Gasteiger partial charge on any atom is 0.268 e. The third kappa shape index (κ3) is 2.05. The number of nitrogens with two attached hydrogens (primary N) is 1. The first-order valence-corrected chi connectivity index (χ1v) is 5.51. The van der Waals surface area contributed by atoms with Gasteiger partial charge in [0, 0.05) is 5.56 Å². The van der Waals surface area contributed by atoms with Crippen molar-refractivity contribution >= 4 is 5.82 Å². The predicted octanol–water partition coefficient (Wildman–Crippen LogP) is 1.68. The van der Waals surface area contributed by atoms with E-state index in [1.54, 1.807) is 12.1 Å². The Kier molecular flexibility index (Phi) is 3.05. The molecule has 0 saturated carbocycles. The Balaban J connectivity index is 2.89. The molecule has 0 bridgehead atoms. The van der Waals surface area contributed by atoms with Gasteiger partial charge >= 0.3 is 0 Å². The predicted molar refractivity (Wildman–Crippen MR) is 71.1 cm³/mol. The topological polar surface area (TPSA) is 106 Å². The summed E-state index contributed by atoms with van der Waals surface area (Å²) < 4.78 is 0. The van der Waals surface area contributed by atoms with E-state index in [9.17, 15) is 4.79 Å². The van der Waals surface area contributed by atoms with Crippen molar-refractivity contribution in [2.24, 2.45) is 0 Å². The number of aryl methyl sites for hydroxylation is 1. The summed E-state index contributed by atoms with van der Waals surface area (Å²) in [6.07, 6.45) is 0. The highest BCUT2D eigenvalue weighted by atomic mass is 16.1. The van der Waals surface area contributed by atoms with Crippen LogP contribution in [0.2, 0.25) is 0 Å². The van der Waals surface area contributed by atoms with E-state index in [-0.39, 0.29) is 22.5 Å². The number of nitriles is 2. The third-order valence-electron chi connectivity index (χ3n) is 2.81. The van der Waals surface area contributed by atoms with Gasteiger partial charge in [-0.15, -0.1) is 0 Å². The van der Waals surface area contributed by atoms with Crippen molar-refractivity contribution in [2.45, 2.75) is 6.92 Å². The van der Waals surface area contributed by atoms with Crippen LogP contribution in [0, 0.1) is 29.6 Å². The van der Waals surface area contributed by atoms with E-state index in [2.05, 4.69) is 4.98 Å². The minimum absolute atomic E-state index is 0.0259. The van der Waals surface area contributed by atoms with Crippen LogP contribution < -0.4 is 11.3 Å². The number of nitrogen functional groups attached to an aromatic ring is 1. The monoisotopic (exact) mass is 250 g/mol. The number of nitrogens with zero attached hydrogens (tertiary/aromatic N) is 2. The lowest BCUT2D eigenvalue weighted by atomic mass is 9.96. The molecule has 92 valence electrons. The van der Waals surface area contributed by atoms with Crippen LogP contribution in [0.15, 0.2) is 29.1 Å². The van der Waals surface area contributed by atoms with Gasteiger partial charge in [0.25, 0.3) is 5.56 Å². The number of anilines is 1. The zero-order valence-corrected chi connectivity index (χ0v) is 10.2. The second-order valence-electron chi connectivity index (χ2n) is 4.08. The first-order valence-electron chi connectivity index (χ1n) is 5.51. The summed E-state index contributed by atoms with van der Waals surface area (Å²) in [5.41, 5.74) is 7.00. The number of rotatable bonds is 1. The molecule has 0 saturated heterocycles. The normalized spacial score (nSPS) is 9.63. The molecule has 0 unspecified atom stereocenters. The van der Waals surface area contributed by atoms with Crippen LogP contribution in [-0.4, -0.2) is 4.98 Å². The highest BCUT2D eigenvalue weighted by Gasteiger charge is 2.17. The van der Waals surface area contributed by atoms with Gasteiger partial charge in [0.15, 0.2) is 0 Å². The van der Waals surface area contributed by atoms with Crippen LogP contribution >= 0.6 is 0 Å². The quantitative estimate of drug-likeness (QED) is 0.802. The lowest BCUT2D eigenvalue weighted by molar-refractivity contribution is 1.21. The number of nitrogens with one attached hydrogen (secondary N) is 1. The van der Waals surface area contributed by atoms with Crippen LogP contribution in [0.25, 0.3) is 11.1 Å². The fourth-order valence-corrected chi connectivity index (χ4v) is 1.85. The minimum atomic E-state index is -0.588. The standard InChI is InChI=1S/C14H10N4O/c1-8-2-4-9(5-3-8)12-10(6-15)13(17)18-14(19)11(12)7-16/h2-5H,1H3,(H3,17,18,19). The number of benzene rings is 1. The Labute approximate surface area is 109 Å². The molecule has 0 aliphatic heterocycles. The molecule has 0 radical (unpaired) electrons. The van der Waals surface area contributed by atoms with Gasteiger partial charge in [0.05, 0.1) is 0 Å². The summed E-state index contributed by atoms with van der Waals surface area (Å²) in [5, 5.41) is 18.3. The van der Waals surface area contributed by atoms with Gasteiger partial charge in [-0.05, 0) is 12.5 Å². The Morgan fingerprint density at radius 2 is 1.68 bits per heavy atom. The van der Waals surface area contributed by atoms with Gasteiger partial charge in [-0.2, -0.15) is 10.5 Å². The number of H-pyrrole nitrogens is 1. The van der Waals surface area contributed by atoms with E-state index in [1.807, 2.05) is 31.2 Å². The molecule has 3 N–H and O–H groups in total. The maximum atomic E-state index is 11.7. The van der Waals surface area contributed by atoms with E-state index in [0.29, 0.717) is 5.56 Å². The van der Waals surface area contributed by atoms with Crippen molar-refractivity contribution in [3.63, 3.8) is 0 Å². The second kappa shape index (κ2) is 4.67. The summed E-state index contributed by atoms with van der Waals surface area (Å²) in [6.45, 7) is 1.92. The highest BCUT2D eigenvalue weighted by molar-refractivity contribution is 5.80. The molecule has 0 fully saturated rings. The summed E-state index contributed by atoms with van der Waals surface area (Å²) in [6, 6.07) is 11.0. The molecule has 2 rings (SSSR count). The SMILES string of the molecule is Cc1ccc(-c2c(C#N)c(N)[nH]c(=O)c2C#N)cc1. The molecule has 0 spiro atoms. The fraction of sp³-hybridized carbons (Fsp3) is 0.0714. The molecule has 1 heterocycles. The average Bonchev–Trinajstić information content (AvgIpc) is 2.39. The maximum absolute atomic E-state index is 11.7. The Morgan fingerprint density at radius 1 is 1.11 bits per heavy atom. The first-order chi connectivity index (χ1) is 9.08. The molecular weight excluding hydrogens is 240 g/mol.